The summed E-state index contributed by atoms with van der Waals surface area (Å²) >= 11 is 0. The number of hydrogen-bond acceptors (Lipinski definition) is 4. The van der Waals surface area contributed by atoms with Crippen LogP contribution in [0.2, 0.25) is 0 Å². The van der Waals surface area contributed by atoms with Gasteiger partial charge in [-0.15, -0.1) is 0 Å². The Morgan fingerprint density at radius 1 is 1.47 bits per heavy atom. The van der Waals surface area contributed by atoms with Gasteiger partial charge in [-0.1, -0.05) is 6.92 Å². The van der Waals surface area contributed by atoms with Crippen LogP contribution in [0.4, 0.5) is 5.82 Å². The van der Waals surface area contributed by atoms with E-state index in [1.54, 1.807) is 6.33 Å². The summed E-state index contributed by atoms with van der Waals surface area (Å²) in [6, 6.07) is 2.47. The fourth-order valence-corrected chi connectivity index (χ4v) is 1.81. The highest BCUT2D eigenvalue weighted by molar-refractivity contribution is 5.45. The van der Waals surface area contributed by atoms with Crippen molar-refractivity contribution in [3.8, 4) is 5.88 Å². The van der Waals surface area contributed by atoms with Crippen molar-refractivity contribution in [2.75, 3.05) is 18.1 Å². The van der Waals surface area contributed by atoms with Gasteiger partial charge < -0.3 is 9.64 Å². The molecule has 1 aliphatic rings. The highest BCUT2D eigenvalue weighted by atomic mass is 16.5. The Morgan fingerprint density at radius 3 is 2.87 bits per heavy atom. The van der Waals surface area contributed by atoms with Crippen LogP contribution in [-0.4, -0.2) is 29.2 Å². The normalized spacial score (nSPS) is 24.9. The largest absolute Gasteiger partial charge is 0.478 e. The maximum absolute atomic E-state index is 5.35. The minimum atomic E-state index is 0.564. The van der Waals surface area contributed by atoms with Gasteiger partial charge in [-0.3, -0.25) is 0 Å². The summed E-state index contributed by atoms with van der Waals surface area (Å²) in [4.78, 5) is 10.6. The molecule has 4 nitrogen and oxygen atoms in total. The summed E-state index contributed by atoms with van der Waals surface area (Å²) in [5.41, 5.74) is 0. The monoisotopic (exact) mass is 207 g/mol. The van der Waals surface area contributed by atoms with Crippen molar-refractivity contribution < 1.29 is 4.74 Å². The van der Waals surface area contributed by atoms with E-state index < -0.39 is 0 Å². The van der Waals surface area contributed by atoms with Crippen LogP contribution in [0.25, 0.3) is 0 Å². The Labute approximate surface area is 90.3 Å². The molecule has 1 aromatic heterocycles. The van der Waals surface area contributed by atoms with Crippen molar-refractivity contribution in [3.63, 3.8) is 0 Å². The van der Waals surface area contributed by atoms with E-state index in [1.807, 2.05) is 13.0 Å². The van der Waals surface area contributed by atoms with E-state index >= 15 is 0 Å². The molecule has 0 saturated carbocycles. The molecule has 0 bridgehead atoms. The quantitative estimate of drug-likeness (QED) is 0.756. The molecular weight excluding hydrogens is 190 g/mol. The molecule has 15 heavy (non-hydrogen) atoms. The Balaban J connectivity index is 2.12. The predicted molar refractivity (Wildman–Crippen MR) is 59.2 cm³/mol. The molecule has 2 rings (SSSR count). The van der Waals surface area contributed by atoms with Crippen molar-refractivity contribution in [1.29, 1.82) is 0 Å². The maximum Gasteiger partial charge on any atom is 0.218 e. The fraction of sp³-hybridized carbons (Fsp3) is 0.636. The summed E-state index contributed by atoms with van der Waals surface area (Å²) in [6.07, 6.45) is 1.57. The summed E-state index contributed by atoms with van der Waals surface area (Å²) in [6.45, 7) is 8.14. The van der Waals surface area contributed by atoms with E-state index in [4.69, 9.17) is 4.74 Å². The summed E-state index contributed by atoms with van der Waals surface area (Å²) < 4.78 is 5.35. The molecular formula is C11H17N3O. The first kappa shape index (κ1) is 10.2. The Bertz CT molecular complexity index is 342. The summed E-state index contributed by atoms with van der Waals surface area (Å²) in [7, 11) is 0. The second-order valence-electron chi connectivity index (χ2n) is 4.02. The van der Waals surface area contributed by atoms with Gasteiger partial charge in [-0.2, -0.15) is 0 Å². The van der Waals surface area contributed by atoms with Gasteiger partial charge in [0.15, 0.2) is 0 Å². The molecule has 1 saturated heterocycles. The molecule has 4 heteroatoms. The van der Waals surface area contributed by atoms with E-state index in [-0.39, 0.29) is 0 Å². The molecule has 1 fully saturated rings. The first-order valence-corrected chi connectivity index (χ1v) is 5.44. The Hall–Kier alpha value is -1.32. The van der Waals surface area contributed by atoms with E-state index in [9.17, 15) is 0 Å². The van der Waals surface area contributed by atoms with Gasteiger partial charge in [0.25, 0.3) is 0 Å². The van der Waals surface area contributed by atoms with Gasteiger partial charge in [0, 0.05) is 18.7 Å². The van der Waals surface area contributed by atoms with Crippen molar-refractivity contribution in [1.82, 2.24) is 9.97 Å². The predicted octanol–water partition coefficient (Wildman–Crippen LogP) is 1.72. The molecule has 0 unspecified atom stereocenters. The van der Waals surface area contributed by atoms with Crippen LogP contribution in [0, 0.1) is 5.92 Å². The summed E-state index contributed by atoms with van der Waals surface area (Å²) in [5, 5.41) is 0. The minimum Gasteiger partial charge on any atom is -0.478 e. The highest BCUT2D eigenvalue weighted by Crippen LogP contribution is 2.29. The lowest BCUT2D eigenvalue weighted by Gasteiger charge is -2.45. The average Bonchev–Trinajstić information content (AvgIpc) is 2.26. The second kappa shape index (κ2) is 4.04. The Morgan fingerprint density at radius 2 is 2.27 bits per heavy atom. The molecule has 0 aromatic carbocycles. The standard InChI is InChI=1S/C11H17N3O/c1-4-15-11-5-10(12-7-13-11)14-6-8(2)9(14)3/h5,7-9H,4,6H2,1-3H3/t8-,9+/m1/s1. The number of nitrogens with zero attached hydrogens (tertiary/aromatic N) is 3. The molecule has 2 heterocycles. The maximum atomic E-state index is 5.35. The van der Waals surface area contributed by atoms with Crippen LogP contribution in [-0.2, 0) is 0 Å². The third-order valence-electron chi connectivity index (χ3n) is 3.01. The molecule has 1 aromatic rings. The first-order valence-electron chi connectivity index (χ1n) is 5.44. The fourth-order valence-electron chi connectivity index (χ4n) is 1.81. The molecule has 1 aliphatic heterocycles. The van der Waals surface area contributed by atoms with E-state index in [2.05, 4.69) is 28.7 Å². The SMILES string of the molecule is CCOc1cc(N2C[C@@H](C)[C@@H]2C)ncn1. The molecule has 2 atom stereocenters. The third kappa shape index (κ3) is 1.89. The van der Waals surface area contributed by atoms with Gasteiger partial charge in [0.2, 0.25) is 5.88 Å². The van der Waals surface area contributed by atoms with Gasteiger partial charge >= 0.3 is 0 Å². The molecule has 0 N–H and O–H groups in total. The molecule has 0 aliphatic carbocycles. The van der Waals surface area contributed by atoms with Gasteiger partial charge in [-0.05, 0) is 19.8 Å². The van der Waals surface area contributed by atoms with E-state index in [0.717, 1.165) is 18.3 Å². The molecule has 0 spiro atoms. The van der Waals surface area contributed by atoms with Gasteiger partial charge in [0.1, 0.15) is 12.1 Å². The average molecular weight is 207 g/mol. The Kier molecular flexibility index (Phi) is 2.75. The zero-order chi connectivity index (χ0) is 10.8. The smallest absolute Gasteiger partial charge is 0.218 e. The molecule has 0 radical (unpaired) electrons. The second-order valence-corrected chi connectivity index (χ2v) is 4.02. The first-order chi connectivity index (χ1) is 7.22. The molecule has 0 amide bonds. The van der Waals surface area contributed by atoms with Gasteiger partial charge in [-0.25, -0.2) is 9.97 Å². The lowest BCUT2D eigenvalue weighted by Crippen LogP contribution is -2.53. The third-order valence-corrected chi connectivity index (χ3v) is 3.01. The van der Waals surface area contributed by atoms with E-state index in [1.165, 1.54) is 0 Å². The van der Waals surface area contributed by atoms with Crippen LogP contribution in [0.1, 0.15) is 20.8 Å². The van der Waals surface area contributed by atoms with Crippen molar-refractivity contribution in [2.45, 2.75) is 26.8 Å². The van der Waals surface area contributed by atoms with Crippen LogP contribution in [0.15, 0.2) is 12.4 Å². The number of hydrogen-bond donors (Lipinski definition) is 0. The number of rotatable bonds is 3. The zero-order valence-electron chi connectivity index (χ0n) is 9.47. The van der Waals surface area contributed by atoms with Crippen LogP contribution in [0.3, 0.4) is 0 Å². The summed E-state index contributed by atoms with van der Waals surface area (Å²) in [5.74, 6) is 2.38. The van der Waals surface area contributed by atoms with Gasteiger partial charge in [0.05, 0.1) is 6.61 Å². The van der Waals surface area contributed by atoms with E-state index in [0.29, 0.717) is 18.5 Å². The van der Waals surface area contributed by atoms with Crippen LogP contribution >= 0.6 is 0 Å². The van der Waals surface area contributed by atoms with Crippen molar-refractivity contribution in [2.24, 2.45) is 5.92 Å². The lowest BCUT2D eigenvalue weighted by atomic mass is 9.92. The van der Waals surface area contributed by atoms with Crippen LogP contribution < -0.4 is 9.64 Å². The number of anilines is 1. The molecule has 82 valence electrons. The van der Waals surface area contributed by atoms with Crippen molar-refractivity contribution in [3.05, 3.63) is 12.4 Å². The minimum absolute atomic E-state index is 0.564. The number of aromatic nitrogens is 2. The zero-order valence-corrected chi connectivity index (χ0v) is 9.47. The van der Waals surface area contributed by atoms with Crippen LogP contribution in [0.5, 0.6) is 5.88 Å². The highest BCUT2D eigenvalue weighted by Gasteiger charge is 2.32. The lowest BCUT2D eigenvalue weighted by molar-refractivity contribution is 0.320. The van der Waals surface area contributed by atoms with Crippen molar-refractivity contribution >= 4 is 5.82 Å². The number of ether oxygens (including phenoxy) is 1. The topological polar surface area (TPSA) is 38.2 Å².